The van der Waals surface area contributed by atoms with E-state index in [4.69, 9.17) is 0 Å². The van der Waals surface area contributed by atoms with Crippen molar-refractivity contribution >= 4 is 52.1 Å². The number of rotatable bonds is 7. The SMILES string of the molecule is CN=C(NCCS(=O)c1ccccc1)NCC1CCCN(C)C1c1cccs1.I. The Morgan fingerprint density at radius 3 is 2.72 bits per heavy atom. The van der Waals surface area contributed by atoms with Crippen LogP contribution in [0.5, 0.6) is 0 Å². The van der Waals surface area contributed by atoms with Crippen LogP contribution in [-0.2, 0) is 10.8 Å². The fourth-order valence-electron chi connectivity index (χ4n) is 3.78. The molecule has 2 N–H and O–H groups in total. The zero-order valence-electron chi connectivity index (χ0n) is 17.0. The number of guanidine groups is 1. The van der Waals surface area contributed by atoms with Crippen LogP contribution in [0.4, 0.5) is 0 Å². The van der Waals surface area contributed by atoms with Crippen LogP contribution in [0, 0.1) is 5.92 Å². The molecular weight excluding hydrogens is 515 g/mol. The first-order chi connectivity index (χ1) is 13.7. The summed E-state index contributed by atoms with van der Waals surface area (Å²) >= 11 is 1.84. The third kappa shape index (κ3) is 7.04. The highest BCUT2D eigenvalue weighted by Crippen LogP contribution is 2.36. The molecule has 1 fully saturated rings. The minimum Gasteiger partial charge on any atom is -0.356 e. The molecule has 5 nitrogen and oxygen atoms in total. The molecule has 1 aromatic carbocycles. The standard InChI is InChI=1S/C21H30N4OS2.HI/c1-22-21(23-12-15-28(26)18-9-4-3-5-10-18)24-16-17-8-6-13-25(2)20(17)19-11-7-14-27-19;/h3-5,7,9-11,14,17,20H,6,8,12-13,15-16H2,1-2H3,(H2,22,23,24);1H. The molecule has 0 radical (unpaired) electrons. The summed E-state index contributed by atoms with van der Waals surface area (Å²) in [5, 5.41) is 8.95. The van der Waals surface area contributed by atoms with Crippen molar-refractivity contribution in [3.63, 3.8) is 0 Å². The Labute approximate surface area is 197 Å². The van der Waals surface area contributed by atoms with E-state index in [-0.39, 0.29) is 24.0 Å². The van der Waals surface area contributed by atoms with E-state index in [1.807, 2.05) is 41.7 Å². The molecule has 3 atom stereocenters. The summed E-state index contributed by atoms with van der Waals surface area (Å²) < 4.78 is 12.3. The number of benzene rings is 1. The van der Waals surface area contributed by atoms with Gasteiger partial charge in [-0.05, 0) is 55.9 Å². The molecule has 1 saturated heterocycles. The summed E-state index contributed by atoms with van der Waals surface area (Å²) in [7, 11) is 3.02. The molecule has 1 aliphatic rings. The lowest BCUT2D eigenvalue weighted by Gasteiger charge is -2.39. The van der Waals surface area contributed by atoms with Crippen molar-refractivity contribution in [2.75, 3.05) is 39.5 Å². The molecular formula is C21H31IN4OS2. The van der Waals surface area contributed by atoms with Gasteiger partial charge in [-0.3, -0.25) is 14.1 Å². The third-order valence-corrected chi connectivity index (χ3v) is 7.50. The minimum atomic E-state index is -0.991. The zero-order valence-corrected chi connectivity index (χ0v) is 21.0. The van der Waals surface area contributed by atoms with Gasteiger partial charge >= 0.3 is 0 Å². The average molecular weight is 547 g/mol. The van der Waals surface area contributed by atoms with Crippen molar-refractivity contribution in [3.05, 3.63) is 52.7 Å². The number of piperidine rings is 1. The highest BCUT2D eigenvalue weighted by molar-refractivity contribution is 14.0. The molecule has 2 heterocycles. The van der Waals surface area contributed by atoms with Gasteiger partial charge in [-0.25, -0.2) is 0 Å². The van der Waals surface area contributed by atoms with E-state index in [1.165, 1.54) is 17.7 Å². The van der Waals surface area contributed by atoms with Crippen LogP contribution in [0.15, 0.2) is 57.7 Å². The molecule has 0 bridgehead atoms. The smallest absolute Gasteiger partial charge is 0.191 e. The number of thiophene rings is 1. The van der Waals surface area contributed by atoms with Crippen molar-refractivity contribution in [3.8, 4) is 0 Å². The van der Waals surface area contributed by atoms with E-state index in [0.29, 0.717) is 24.3 Å². The maximum Gasteiger partial charge on any atom is 0.191 e. The topological polar surface area (TPSA) is 56.7 Å². The number of hydrogen-bond acceptors (Lipinski definition) is 4. The van der Waals surface area contributed by atoms with Gasteiger partial charge in [0.2, 0.25) is 0 Å². The number of nitrogens with one attached hydrogen (secondary N) is 2. The summed E-state index contributed by atoms with van der Waals surface area (Å²) in [4.78, 5) is 9.12. The summed E-state index contributed by atoms with van der Waals surface area (Å²) in [6, 6.07) is 14.5. The van der Waals surface area contributed by atoms with Crippen molar-refractivity contribution in [1.82, 2.24) is 15.5 Å². The normalized spacial score (nSPS) is 21.2. The van der Waals surface area contributed by atoms with Gasteiger partial charge in [0.05, 0.1) is 10.8 Å². The Morgan fingerprint density at radius 2 is 2.03 bits per heavy atom. The molecule has 2 aromatic rings. The van der Waals surface area contributed by atoms with Gasteiger partial charge in [-0.1, -0.05) is 24.3 Å². The maximum absolute atomic E-state index is 12.3. The van der Waals surface area contributed by atoms with Crippen LogP contribution in [-0.4, -0.2) is 54.6 Å². The predicted octanol–water partition coefficient (Wildman–Crippen LogP) is 3.72. The molecule has 1 aliphatic heterocycles. The summed E-state index contributed by atoms with van der Waals surface area (Å²) in [6.45, 7) is 2.66. The first kappa shape index (κ1) is 24.3. The van der Waals surface area contributed by atoms with Crippen molar-refractivity contribution in [1.29, 1.82) is 0 Å². The predicted molar refractivity (Wildman–Crippen MR) is 135 cm³/mol. The molecule has 3 rings (SSSR count). The summed E-state index contributed by atoms with van der Waals surface area (Å²) in [5.41, 5.74) is 0. The second-order valence-corrected chi connectivity index (χ2v) is 9.64. The van der Waals surface area contributed by atoms with Gasteiger partial charge in [0.15, 0.2) is 5.96 Å². The first-order valence-electron chi connectivity index (χ1n) is 9.80. The van der Waals surface area contributed by atoms with E-state index in [9.17, 15) is 4.21 Å². The number of likely N-dealkylation sites (tertiary alicyclic amines) is 1. The van der Waals surface area contributed by atoms with Gasteiger partial charge in [-0.2, -0.15) is 0 Å². The Balaban J connectivity index is 0.00000300. The van der Waals surface area contributed by atoms with E-state index < -0.39 is 10.8 Å². The quantitative estimate of drug-likeness (QED) is 0.316. The molecule has 0 aliphatic carbocycles. The molecule has 0 spiro atoms. The molecule has 3 unspecified atom stereocenters. The second-order valence-electron chi connectivity index (χ2n) is 7.09. The van der Waals surface area contributed by atoms with E-state index in [1.54, 1.807) is 7.05 Å². The number of halogens is 1. The van der Waals surface area contributed by atoms with Crippen molar-refractivity contribution in [2.45, 2.75) is 23.8 Å². The van der Waals surface area contributed by atoms with Crippen LogP contribution in [0.3, 0.4) is 0 Å². The minimum absolute atomic E-state index is 0. The number of aliphatic imine (C=N–C) groups is 1. The maximum atomic E-state index is 12.3. The Morgan fingerprint density at radius 1 is 1.24 bits per heavy atom. The van der Waals surface area contributed by atoms with E-state index in [0.717, 1.165) is 23.9 Å². The van der Waals surface area contributed by atoms with Gasteiger partial charge in [0.25, 0.3) is 0 Å². The molecule has 0 saturated carbocycles. The molecule has 0 amide bonds. The van der Waals surface area contributed by atoms with Crippen LogP contribution >= 0.6 is 35.3 Å². The van der Waals surface area contributed by atoms with Crippen LogP contribution < -0.4 is 10.6 Å². The van der Waals surface area contributed by atoms with Crippen LogP contribution in [0.2, 0.25) is 0 Å². The zero-order chi connectivity index (χ0) is 19.8. The van der Waals surface area contributed by atoms with Gasteiger partial charge < -0.3 is 10.6 Å². The Hall–Kier alpha value is -0.970. The fourth-order valence-corrected chi connectivity index (χ4v) is 5.75. The molecule has 160 valence electrons. The summed E-state index contributed by atoms with van der Waals surface area (Å²) in [5.74, 6) is 1.90. The van der Waals surface area contributed by atoms with Gasteiger partial charge in [-0.15, -0.1) is 35.3 Å². The highest BCUT2D eigenvalue weighted by Gasteiger charge is 2.31. The van der Waals surface area contributed by atoms with Gasteiger partial charge in [0, 0.05) is 41.7 Å². The number of nitrogens with zero attached hydrogens (tertiary/aromatic N) is 2. The molecule has 8 heteroatoms. The number of hydrogen-bond donors (Lipinski definition) is 2. The summed E-state index contributed by atoms with van der Waals surface area (Å²) in [6.07, 6.45) is 2.45. The average Bonchev–Trinajstić information content (AvgIpc) is 3.25. The van der Waals surface area contributed by atoms with E-state index in [2.05, 4.69) is 45.1 Å². The van der Waals surface area contributed by atoms with Crippen molar-refractivity contribution < 1.29 is 4.21 Å². The largest absolute Gasteiger partial charge is 0.356 e. The lowest BCUT2D eigenvalue weighted by atomic mass is 9.88. The second kappa shape index (κ2) is 12.7. The first-order valence-corrected chi connectivity index (χ1v) is 12.0. The fraction of sp³-hybridized carbons (Fsp3) is 0.476. The van der Waals surface area contributed by atoms with E-state index >= 15 is 0 Å². The van der Waals surface area contributed by atoms with Gasteiger partial charge in [0.1, 0.15) is 0 Å². The lowest BCUT2D eigenvalue weighted by molar-refractivity contribution is 0.125. The Kier molecular flexibility index (Phi) is 10.6. The molecule has 29 heavy (non-hydrogen) atoms. The molecule has 1 aromatic heterocycles. The Bertz CT molecular complexity index is 770. The monoisotopic (exact) mass is 546 g/mol. The highest BCUT2D eigenvalue weighted by atomic mass is 127. The van der Waals surface area contributed by atoms with Crippen LogP contribution in [0.1, 0.15) is 23.8 Å². The van der Waals surface area contributed by atoms with Crippen LogP contribution in [0.25, 0.3) is 0 Å². The lowest BCUT2D eigenvalue weighted by Crippen LogP contribution is -2.45. The van der Waals surface area contributed by atoms with Crippen molar-refractivity contribution in [2.24, 2.45) is 10.9 Å². The third-order valence-electron chi connectivity index (χ3n) is 5.18.